The second-order valence-corrected chi connectivity index (χ2v) is 14.0. The highest BCUT2D eigenvalue weighted by Crippen LogP contribution is 2.74. The molecule has 5 aliphatic rings. The summed E-state index contributed by atoms with van der Waals surface area (Å²) in [5, 5.41) is 33.0. The third-order valence-electron chi connectivity index (χ3n) is 12.2. The van der Waals surface area contributed by atoms with Crippen LogP contribution in [0, 0.1) is 56.2 Å². The van der Waals surface area contributed by atoms with Gasteiger partial charge in [-0.15, -0.1) is 0 Å². The van der Waals surface area contributed by atoms with E-state index in [1.54, 1.807) is 6.08 Å². The highest BCUT2D eigenvalue weighted by atomic mass is 16.3. The van der Waals surface area contributed by atoms with E-state index in [4.69, 9.17) is 0 Å². The summed E-state index contributed by atoms with van der Waals surface area (Å²) in [5.41, 5.74) is -2.54. The molecule has 0 spiro atoms. The third kappa shape index (κ3) is 2.76. The number of hydrogen-bond acceptors (Lipinski definition) is 5. The molecule has 0 amide bonds. The molecule has 5 aliphatic carbocycles. The molecule has 2 N–H and O–H groups in total. The van der Waals surface area contributed by atoms with E-state index in [1.807, 2.05) is 13.0 Å². The van der Waals surface area contributed by atoms with E-state index in [-0.39, 0.29) is 46.9 Å². The zero-order valence-electron chi connectivity index (χ0n) is 22.2. The van der Waals surface area contributed by atoms with Gasteiger partial charge in [-0.25, -0.2) is 0 Å². The summed E-state index contributed by atoms with van der Waals surface area (Å²) in [6.45, 7) is 12.7. The number of carbonyl (C=O) groups is 2. The van der Waals surface area contributed by atoms with Gasteiger partial charge in [-0.05, 0) is 78.8 Å². The quantitative estimate of drug-likeness (QED) is 0.556. The molecule has 0 bridgehead atoms. The van der Waals surface area contributed by atoms with Gasteiger partial charge in [-0.3, -0.25) is 9.59 Å². The molecule has 1 unspecified atom stereocenters. The van der Waals surface area contributed by atoms with E-state index in [0.29, 0.717) is 12.8 Å². The van der Waals surface area contributed by atoms with Crippen molar-refractivity contribution >= 4 is 11.6 Å². The van der Waals surface area contributed by atoms with E-state index >= 15 is 0 Å². The molecule has 0 radical (unpaired) electrons. The first-order valence-electron chi connectivity index (χ1n) is 13.4. The van der Waals surface area contributed by atoms with Gasteiger partial charge in [0.25, 0.3) is 0 Å². The smallest absolute Gasteiger partial charge is 0.188 e. The Morgan fingerprint density at radius 1 is 1.06 bits per heavy atom. The Labute approximate surface area is 209 Å². The van der Waals surface area contributed by atoms with Crippen LogP contribution >= 0.6 is 0 Å². The maximum absolute atomic E-state index is 14.2. The van der Waals surface area contributed by atoms with Crippen LogP contribution < -0.4 is 0 Å². The number of ketones is 2. The van der Waals surface area contributed by atoms with Gasteiger partial charge in [-0.1, -0.05) is 47.6 Å². The lowest BCUT2D eigenvalue weighted by atomic mass is 9.33. The fraction of sp³-hybridized carbons (Fsp3) is 0.767. The van der Waals surface area contributed by atoms with Crippen molar-refractivity contribution in [2.24, 2.45) is 44.8 Å². The highest BCUT2D eigenvalue weighted by Gasteiger charge is 2.75. The van der Waals surface area contributed by atoms with Gasteiger partial charge >= 0.3 is 0 Å². The average molecular weight is 480 g/mol. The molecule has 190 valence electrons. The Hall–Kier alpha value is -1.77. The normalized spacial score (nSPS) is 50.5. The maximum atomic E-state index is 14.2. The Balaban J connectivity index is 1.73. The van der Waals surface area contributed by atoms with E-state index in [0.717, 1.165) is 37.7 Å². The van der Waals surface area contributed by atoms with Crippen LogP contribution in [0.4, 0.5) is 0 Å². The van der Waals surface area contributed by atoms with Crippen LogP contribution in [0.1, 0.15) is 86.5 Å². The van der Waals surface area contributed by atoms with Crippen LogP contribution in [0.25, 0.3) is 0 Å². The minimum Gasteiger partial charge on any atom is -0.396 e. The van der Waals surface area contributed by atoms with Crippen molar-refractivity contribution in [3.63, 3.8) is 0 Å². The van der Waals surface area contributed by atoms with Gasteiger partial charge < -0.3 is 10.2 Å². The van der Waals surface area contributed by atoms with Crippen LogP contribution in [0.5, 0.6) is 0 Å². The summed E-state index contributed by atoms with van der Waals surface area (Å²) in [5.74, 6) is -0.888. The molecular weight excluding hydrogens is 438 g/mol. The summed E-state index contributed by atoms with van der Waals surface area (Å²) in [6.07, 6.45) is 9.14. The maximum Gasteiger partial charge on any atom is 0.188 e. The van der Waals surface area contributed by atoms with Gasteiger partial charge in [0.15, 0.2) is 11.6 Å². The van der Waals surface area contributed by atoms with Crippen molar-refractivity contribution in [3.05, 3.63) is 23.3 Å². The minimum absolute atomic E-state index is 0.000382. The Morgan fingerprint density at radius 3 is 2.34 bits per heavy atom. The largest absolute Gasteiger partial charge is 0.396 e. The van der Waals surface area contributed by atoms with Gasteiger partial charge in [0, 0.05) is 29.3 Å². The molecule has 5 heteroatoms. The number of fused-ring (bicyclic) bond motifs is 7. The van der Waals surface area contributed by atoms with Crippen LogP contribution in [-0.4, -0.2) is 34.0 Å². The second kappa shape index (κ2) is 7.17. The zero-order valence-corrected chi connectivity index (χ0v) is 22.2. The van der Waals surface area contributed by atoms with Crippen molar-refractivity contribution < 1.29 is 19.8 Å². The Kier molecular flexibility index (Phi) is 5.10. The summed E-state index contributed by atoms with van der Waals surface area (Å²) in [6, 6.07) is 2.12. The number of carbonyl (C=O) groups excluding carboxylic acids is 2. The highest BCUT2D eigenvalue weighted by molar-refractivity contribution is 6.03. The number of rotatable bonds is 1. The lowest BCUT2D eigenvalue weighted by molar-refractivity contribution is -0.250. The summed E-state index contributed by atoms with van der Waals surface area (Å²) in [4.78, 5) is 27.1. The van der Waals surface area contributed by atoms with Crippen LogP contribution in [-0.2, 0) is 9.59 Å². The van der Waals surface area contributed by atoms with Gasteiger partial charge in [0.2, 0.25) is 0 Å². The fourth-order valence-corrected chi connectivity index (χ4v) is 9.65. The first-order chi connectivity index (χ1) is 16.2. The topological polar surface area (TPSA) is 98.4 Å². The summed E-state index contributed by atoms with van der Waals surface area (Å²) < 4.78 is 0. The molecule has 8 atom stereocenters. The fourth-order valence-electron chi connectivity index (χ4n) is 9.65. The van der Waals surface area contributed by atoms with Gasteiger partial charge in [0.05, 0.1) is 5.57 Å². The molecule has 0 aromatic carbocycles. The molecule has 0 aliphatic heterocycles. The number of nitrogens with zero attached hydrogens (tertiary/aromatic N) is 1. The Bertz CT molecular complexity index is 1110. The lowest BCUT2D eigenvalue weighted by Gasteiger charge is -2.71. The lowest BCUT2D eigenvalue weighted by Crippen LogP contribution is -2.74. The summed E-state index contributed by atoms with van der Waals surface area (Å²) >= 11 is 0. The van der Waals surface area contributed by atoms with Gasteiger partial charge in [0.1, 0.15) is 11.7 Å². The minimum atomic E-state index is -1.55. The number of allylic oxidation sites excluding steroid dienone is 3. The molecule has 0 aromatic heterocycles. The molecule has 0 aromatic rings. The predicted octanol–water partition coefficient (Wildman–Crippen LogP) is 4.92. The SMILES string of the molecule is C[C@@H]1C(=O)C(C#N)=C[C@]2(C)C3=CC(=O)[C@]4(O)C5CC(C)(C)CC[C@]5(CO)CC[C@@]4(C)[C@]3(C)CC[C@@H]12. The van der Waals surface area contributed by atoms with E-state index < -0.39 is 27.3 Å². The predicted molar refractivity (Wildman–Crippen MR) is 133 cm³/mol. The van der Waals surface area contributed by atoms with Crippen LogP contribution in [0.15, 0.2) is 23.3 Å². The van der Waals surface area contributed by atoms with Crippen LogP contribution in [0.3, 0.4) is 0 Å². The average Bonchev–Trinajstić information content (AvgIpc) is 2.80. The standard InChI is InChI=1S/C30H41NO4/c1-18-20-7-8-27(5)21(26(20,4)14-19(16-31)24(18)34)13-23(33)30(35)22-15-25(2,3)9-11-29(22,17-32)12-10-28(27,30)6/h13-14,18,20,22,32,35H,7-12,15,17H2,1-6H3/t18-,20-,22?,26-,27+,28-,29+,30+/m0/s1. The number of aliphatic hydroxyl groups is 2. The first-order valence-corrected chi connectivity index (χ1v) is 13.4. The van der Waals surface area contributed by atoms with Gasteiger partial charge in [-0.2, -0.15) is 5.26 Å². The van der Waals surface area contributed by atoms with E-state index in [1.165, 1.54) is 0 Å². The third-order valence-corrected chi connectivity index (χ3v) is 12.2. The molecule has 0 heterocycles. The molecule has 3 fully saturated rings. The molecule has 0 saturated heterocycles. The Morgan fingerprint density at radius 2 is 1.71 bits per heavy atom. The monoisotopic (exact) mass is 479 g/mol. The second-order valence-electron chi connectivity index (χ2n) is 14.0. The van der Waals surface area contributed by atoms with E-state index in [9.17, 15) is 25.1 Å². The molecule has 5 rings (SSSR count). The first kappa shape index (κ1) is 24.9. The molecule has 35 heavy (non-hydrogen) atoms. The summed E-state index contributed by atoms with van der Waals surface area (Å²) in [7, 11) is 0. The van der Waals surface area contributed by atoms with Crippen molar-refractivity contribution in [2.75, 3.05) is 6.61 Å². The molecule has 3 saturated carbocycles. The van der Waals surface area contributed by atoms with Crippen molar-refractivity contribution in [1.29, 1.82) is 5.26 Å². The molecular formula is C30H41NO4. The molecule has 5 nitrogen and oxygen atoms in total. The van der Waals surface area contributed by atoms with Crippen molar-refractivity contribution in [2.45, 2.75) is 92.1 Å². The zero-order chi connectivity index (χ0) is 25.8. The van der Waals surface area contributed by atoms with E-state index in [2.05, 4.69) is 40.7 Å². The number of Topliss-reactive ketones (excluding diaryl/α,β-unsaturated/α-hetero) is 1. The number of nitriles is 1. The van der Waals surface area contributed by atoms with Crippen molar-refractivity contribution in [1.82, 2.24) is 0 Å². The van der Waals surface area contributed by atoms with Crippen molar-refractivity contribution in [3.8, 4) is 6.07 Å². The number of hydrogen-bond donors (Lipinski definition) is 2. The van der Waals surface area contributed by atoms with Crippen LogP contribution in [0.2, 0.25) is 0 Å². The number of aliphatic hydroxyl groups excluding tert-OH is 1.